The number of carbonyl (C=O) groups is 2. The van der Waals surface area contributed by atoms with Crippen molar-refractivity contribution < 1.29 is 18.7 Å². The summed E-state index contributed by atoms with van der Waals surface area (Å²) in [6, 6.07) is 10.7. The number of aryl methyl sites for hydroxylation is 1. The lowest BCUT2D eigenvalue weighted by Gasteiger charge is -2.11. The van der Waals surface area contributed by atoms with Crippen LogP contribution in [0.3, 0.4) is 0 Å². The highest BCUT2D eigenvalue weighted by Gasteiger charge is 2.21. The molecule has 0 saturated heterocycles. The fraction of sp³-hybridized carbons (Fsp3) is 0.167. The maximum absolute atomic E-state index is 13.9. The van der Waals surface area contributed by atoms with Gasteiger partial charge in [0, 0.05) is 31.1 Å². The third kappa shape index (κ3) is 5.20. The minimum absolute atomic E-state index is 0.0824. The molecule has 5 N–H and O–H groups in total. The summed E-state index contributed by atoms with van der Waals surface area (Å²) in [7, 11) is 1.55. The van der Waals surface area contributed by atoms with Crippen molar-refractivity contribution in [3.8, 4) is 11.1 Å². The number of urea groups is 1. The number of methoxy groups -OCH3 is 1. The first-order valence-electron chi connectivity index (χ1n) is 10.7. The number of halogens is 1. The van der Waals surface area contributed by atoms with Gasteiger partial charge >= 0.3 is 6.03 Å². The Hall–Kier alpha value is -4.51. The second-order valence-electron chi connectivity index (χ2n) is 7.74. The number of hydrogen-bond acceptors (Lipinski definition) is 6. The molecule has 2 aromatic heterocycles. The lowest BCUT2D eigenvalue weighted by atomic mass is 10.0. The van der Waals surface area contributed by atoms with Crippen LogP contribution in [0.15, 0.2) is 55.0 Å². The molecular weight excluding hydrogens is 453 g/mol. The van der Waals surface area contributed by atoms with E-state index in [9.17, 15) is 14.0 Å². The molecule has 4 aromatic rings. The van der Waals surface area contributed by atoms with Gasteiger partial charge in [0.1, 0.15) is 17.7 Å². The molecule has 11 heteroatoms. The highest BCUT2D eigenvalue weighted by Crippen LogP contribution is 2.33. The van der Waals surface area contributed by atoms with E-state index in [1.807, 2.05) is 0 Å². The topological polar surface area (TPSA) is 136 Å². The van der Waals surface area contributed by atoms with Crippen LogP contribution in [0, 0.1) is 12.7 Å². The van der Waals surface area contributed by atoms with E-state index in [4.69, 9.17) is 10.5 Å². The molecule has 0 radical (unpaired) electrons. The number of ether oxygens (including phenoxy) is 1. The molecule has 0 unspecified atom stereocenters. The van der Waals surface area contributed by atoms with E-state index in [-0.39, 0.29) is 17.4 Å². The Balaban J connectivity index is 1.59. The average molecular weight is 478 g/mol. The van der Waals surface area contributed by atoms with E-state index < -0.39 is 11.8 Å². The second kappa shape index (κ2) is 10.2. The molecule has 35 heavy (non-hydrogen) atoms. The van der Waals surface area contributed by atoms with Crippen LogP contribution in [0.4, 0.5) is 26.4 Å². The summed E-state index contributed by atoms with van der Waals surface area (Å²) in [5.41, 5.74) is 9.54. The summed E-state index contributed by atoms with van der Waals surface area (Å²) in [5.74, 6) is -0.630. The van der Waals surface area contributed by atoms with Crippen LogP contribution in [0.5, 0.6) is 0 Å². The van der Waals surface area contributed by atoms with Gasteiger partial charge in [-0.15, -0.1) is 0 Å². The summed E-state index contributed by atoms with van der Waals surface area (Å²) in [4.78, 5) is 29.3. The lowest BCUT2D eigenvalue weighted by Crippen LogP contribution is -2.27. The number of nitrogens with zero attached hydrogens (tertiary/aromatic N) is 3. The molecule has 180 valence electrons. The van der Waals surface area contributed by atoms with Gasteiger partial charge < -0.3 is 26.4 Å². The molecule has 0 fully saturated rings. The van der Waals surface area contributed by atoms with Crippen molar-refractivity contribution in [1.29, 1.82) is 0 Å². The van der Waals surface area contributed by atoms with Gasteiger partial charge in [-0.05, 0) is 42.3 Å². The van der Waals surface area contributed by atoms with Gasteiger partial charge in [-0.25, -0.2) is 18.7 Å². The normalized spacial score (nSPS) is 10.8. The Labute approximate surface area is 200 Å². The average Bonchev–Trinajstić information content (AvgIpc) is 3.23. The minimum atomic E-state index is -0.590. The van der Waals surface area contributed by atoms with Crippen molar-refractivity contribution in [3.63, 3.8) is 0 Å². The molecule has 0 atom stereocenters. The molecular formula is C24H24FN7O3. The van der Waals surface area contributed by atoms with E-state index in [2.05, 4.69) is 26.0 Å². The number of nitrogen functional groups attached to an aromatic ring is 1. The fourth-order valence-corrected chi connectivity index (χ4v) is 3.60. The molecule has 2 heterocycles. The number of nitrogens with one attached hydrogen (secondary N) is 3. The van der Waals surface area contributed by atoms with Crippen LogP contribution in [-0.4, -0.2) is 46.8 Å². The number of amides is 3. The molecule has 0 saturated carbocycles. The number of nitrogens with two attached hydrogens (primary N) is 1. The molecule has 0 aliphatic rings. The van der Waals surface area contributed by atoms with Gasteiger partial charge in [-0.1, -0.05) is 18.2 Å². The highest BCUT2D eigenvalue weighted by molar-refractivity contribution is 6.07. The maximum atomic E-state index is 13.9. The largest absolute Gasteiger partial charge is 0.383 e. The Morgan fingerprint density at radius 3 is 2.66 bits per heavy atom. The lowest BCUT2D eigenvalue weighted by molar-refractivity contribution is 0.0937. The van der Waals surface area contributed by atoms with E-state index in [0.29, 0.717) is 41.0 Å². The van der Waals surface area contributed by atoms with E-state index in [1.54, 1.807) is 56.6 Å². The van der Waals surface area contributed by atoms with E-state index >= 15 is 0 Å². The van der Waals surface area contributed by atoms with Crippen LogP contribution in [0.2, 0.25) is 0 Å². The number of hydrogen-bond donors (Lipinski definition) is 4. The number of fused-ring (bicyclic) bond motifs is 1. The molecule has 3 amide bonds. The van der Waals surface area contributed by atoms with Gasteiger partial charge in [0.25, 0.3) is 5.91 Å². The number of anilines is 3. The molecule has 4 rings (SSSR count). The summed E-state index contributed by atoms with van der Waals surface area (Å²) in [6.45, 7) is 2.50. The van der Waals surface area contributed by atoms with Gasteiger partial charge in [0.15, 0.2) is 5.82 Å². The summed E-state index contributed by atoms with van der Waals surface area (Å²) >= 11 is 0. The Bertz CT molecular complexity index is 1390. The Morgan fingerprint density at radius 2 is 1.91 bits per heavy atom. The number of carbonyl (C=O) groups excluding carboxylic acids is 2. The van der Waals surface area contributed by atoms with E-state index in [0.717, 1.165) is 5.56 Å². The first kappa shape index (κ1) is 23.6. The molecule has 2 aromatic carbocycles. The molecule has 0 aliphatic heterocycles. The molecule has 0 bridgehead atoms. The Morgan fingerprint density at radius 1 is 1.14 bits per heavy atom. The molecule has 10 nitrogen and oxygen atoms in total. The smallest absolute Gasteiger partial charge is 0.323 e. The zero-order chi connectivity index (χ0) is 24.9. The highest BCUT2D eigenvalue weighted by atomic mass is 19.1. The fourth-order valence-electron chi connectivity index (χ4n) is 3.60. The number of aromatic nitrogens is 3. The van der Waals surface area contributed by atoms with Crippen LogP contribution in [-0.2, 0) is 4.74 Å². The van der Waals surface area contributed by atoms with Gasteiger partial charge in [-0.3, -0.25) is 4.79 Å². The standard InChI is InChI=1S/C24H24FN7O3/c1-14-3-8-18(25)19(11-14)31-24(34)30-16-6-4-15(5-7-16)20-17(23(33)27-9-10-35-2)12-32-21(20)22(26)28-13-29-32/h3-8,11-13H,9-10H2,1-2H3,(H,27,33)(H2,26,28,29)(H2,30,31,34). The second-order valence-corrected chi connectivity index (χ2v) is 7.74. The predicted molar refractivity (Wildman–Crippen MR) is 131 cm³/mol. The van der Waals surface area contributed by atoms with Crippen LogP contribution in [0.1, 0.15) is 15.9 Å². The van der Waals surface area contributed by atoms with Crippen molar-refractivity contribution >= 4 is 34.6 Å². The van der Waals surface area contributed by atoms with Crippen molar-refractivity contribution in [2.75, 3.05) is 36.6 Å². The third-order valence-corrected chi connectivity index (χ3v) is 5.24. The zero-order valence-electron chi connectivity index (χ0n) is 19.1. The summed E-state index contributed by atoms with van der Waals surface area (Å²) in [5, 5.41) is 12.1. The van der Waals surface area contributed by atoms with Crippen molar-refractivity contribution in [1.82, 2.24) is 19.9 Å². The zero-order valence-corrected chi connectivity index (χ0v) is 19.1. The molecule has 0 spiro atoms. The summed E-state index contributed by atoms with van der Waals surface area (Å²) < 4.78 is 20.4. The van der Waals surface area contributed by atoms with Gasteiger partial charge in [-0.2, -0.15) is 5.10 Å². The van der Waals surface area contributed by atoms with Crippen molar-refractivity contribution in [2.45, 2.75) is 6.92 Å². The number of rotatable bonds is 7. The summed E-state index contributed by atoms with van der Waals surface area (Å²) in [6.07, 6.45) is 2.89. The first-order valence-corrected chi connectivity index (χ1v) is 10.7. The Kier molecular flexibility index (Phi) is 6.88. The minimum Gasteiger partial charge on any atom is -0.383 e. The number of benzene rings is 2. The SMILES string of the molecule is COCCNC(=O)c1cn2ncnc(N)c2c1-c1ccc(NC(=O)Nc2cc(C)ccc2F)cc1. The van der Waals surface area contributed by atoms with Crippen LogP contribution >= 0.6 is 0 Å². The predicted octanol–water partition coefficient (Wildman–Crippen LogP) is 3.45. The van der Waals surface area contributed by atoms with Crippen molar-refractivity contribution in [3.05, 3.63) is 71.9 Å². The third-order valence-electron chi connectivity index (χ3n) is 5.24. The van der Waals surface area contributed by atoms with Gasteiger partial charge in [0.2, 0.25) is 0 Å². The van der Waals surface area contributed by atoms with Crippen molar-refractivity contribution in [2.24, 2.45) is 0 Å². The first-order chi connectivity index (χ1) is 16.9. The quantitative estimate of drug-likeness (QED) is 0.301. The van der Waals surface area contributed by atoms with E-state index in [1.165, 1.54) is 16.9 Å². The maximum Gasteiger partial charge on any atom is 0.323 e. The monoisotopic (exact) mass is 477 g/mol. The van der Waals surface area contributed by atoms with Crippen LogP contribution in [0.25, 0.3) is 16.6 Å². The van der Waals surface area contributed by atoms with Gasteiger partial charge in [0.05, 0.1) is 17.9 Å². The van der Waals surface area contributed by atoms with Crippen LogP contribution < -0.4 is 21.7 Å². The molecule has 0 aliphatic carbocycles.